The molecule has 74 valence electrons. The minimum absolute atomic E-state index is 0.329. The molecule has 0 aliphatic rings. The zero-order chi connectivity index (χ0) is 9.90. The Labute approximate surface area is 81.8 Å². The third-order valence-electron chi connectivity index (χ3n) is 1.46. The molecule has 0 spiro atoms. The molecule has 0 fully saturated rings. The van der Waals surface area contributed by atoms with Crippen LogP contribution in [0.15, 0.2) is 15.7 Å². The van der Waals surface area contributed by atoms with E-state index in [1.165, 1.54) is 11.3 Å². The Morgan fingerprint density at radius 3 is 2.77 bits per heavy atom. The van der Waals surface area contributed by atoms with E-state index < -0.39 is 10.0 Å². The Kier molecular flexibility index (Phi) is 3.43. The molecule has 13 heavy (non-hydrogen) atoms. The summed E-state index contributed by atoms with van der Waals surface area (Å²) in [4.78, 5) is 0. The molecule has 1 aromatic rings. The highest BCUT2D eigenvalue weighted by Crippen LogP contribution is 2.19. The third-order valence-corrected chi connectivity index (χ3v) is 4.50. The van der Waals surface area contributed by atoms with Crippen LogP contribution in [0.25, 0.3) is 0 Å². The van der Waals surface area contributed by atoms with E-state index in [1.54, 1.807) is 18.4 Å². The van der Waals surface area contributed by atoms with Crippen LogP contribution in [0.1, 0.15) is 12.5 Å². The zero-order valence-electron chi connectivity index (χ0n) is 7.28. The van der Waals surface area contributed by atoms with Crippen LogP contribution in [0.2, 0.25) is 0 Å². The van der Waals surface area contributed by atoms with Crippen molar-refractivity contribution in [3.63, 3.8) is 0 Å². The fraction of sp³-hybridized carbons (Fsp3) is 0.429. The number of nitrogens with one attached hydrogen (secondary N) is 1. The van der Waals surface area contributed by atoms with Gasteiger partial charge in [-0.25, -0.2) is 13.1 Å². The predicted molar refractivity (Wildman–Crippen MR) is 53.1 cm³/mol. The quantitative estimate of drug-likeness (QED) is 0.776. The van der Waals surface area contributed by atoms with Crippen molar-refractivity contribution in [3.05, 3.63) is 17.0 Å². The van der Waals surface area contributed by atoms with Crippen LogP contribution in [0.5, 0.6) is 0 Å². The van der Waals surface area contributed by atoms with E-state index in [0.29, 0.717) is 17.3 Å². The molecule has 0 atom stereocenters. The minimum atomic E-state index is -3.29. The van der Waals surface area contributed by atoms with Crippen molar-refractivity contribution in [2.45, 2.75) is 17.7 Å². The highest BCUT2D eigenvalue weighted by molar-refractivity contribution is 7.91. The van der Waals surface area contributed by atoms with E-state index in [9.17, 15) is 8.42 Å². The monoisotopic (exact) mass is 220 g/mol. The van der Waals surface area contributed by atoms with Gasteiger partial charge in [-0.3, -0.25) is 0 Å². The Hall–Kier alpha value is -0.430. The molecule has 0 unspecified atom stereocenters. The van der Waals surface area contributed by atoms with Crippen LogP contribution in [-0.4, -0.2) is 15.0 Å². The summed E-state index contributed by atoms with van der Waals surface area (Å²) in [5, 5.41) is 1.75. The standard InChI is InChI=1S/C7H12N2O2S2/c1-2-9-13(10,11)7-3-6(4-8)5-12-7/h3,5,9H,2,4,8H2,1H3. The van der Waals surface area contributed by atoms with Gasteiger partial charge in [-0.05, 0) is 17.0 Å². The van der Waals surface area contributed by atoms with E-state index >= 15 is 0 Å². The van der Waals surface area contributed by atoms with Gasteiger partial charge in [-0.2, -0.15) is 0 Å². The molecule has 0 amide bonds. The molecule has 3 N–H and O–H groups in total. The van der Waals surface area contributed by atoms with Crippen molar-refractivity contribution in [2.75, 3.05) is 6.54 Å². The Morgan fingerprint density at radius 2 is 2.31 bits per heavy atom. The van der Waals surface area contributed by atoms with Crippen molar-refractivity contribution in [3.8, 4) is 0 Å². The molecule has 0 aliphatic heterocycles. The predicted octanol–water partition coefficient (Wildman–Crippen LogP) is 0.505. The maximum atomic E-state index is 11.4. The fourth-order valence-electron chi connectivity index (χ4n) is 0.862. The molecule has 1 rings (SSSR count). The van der Waals surface area contributed by atoms with Crippen molar-refractivity contribution >= 4 is 21.4 Å². The Morgan fingerprint density at radius 1 is 1.62 bits per heavy atom. The number of sulfonamides is 1. The maximum Gasteiger partial charge on any atom is 0.250 e. The second kappa shape index (κ2) is 4.19. The van der Waals surface area contributed by atoms with Gasteiger partial charge < -0.3 is 5.73 Å². The largest absolute Gasteiger partial charge is 0.326 e. The lowest BCUT2D eigenvalue weighted by atomic mass is 10.4. The van der Waals surface area contributed by atoms with Crippen molar-refractivity contribution in [1.29, 1.82) is 0 Å². The molecule has 0 aliphatic carbocycles. The number of nitrogens with two attached hydrogens (primary N) is 1. The summed E-state index contributed by atoms with van der Waals surface area (Å²) in [5.74, 6) is 0. The van der Waals surface area contributed by atoms with Crippen LogP contribution in [0.3, 0.4) is 0 Å². The van der Waals surface area contributed by atoms with Gasteiger partial charge in [0.1, 0.15) is 4.21 Å². The third kappa shape index (κ3) is 2.50. The number of hydrogen-bond donors (Lipinski definition) is 2. The van der Waals surface area contributed by atoms with Crippen LogP contribution < -0.4 is 10.5 Å². The van der Waals surface area contributed by atoms with Gasteiger partial charge in [-0.1, -0.05) is 6.92 Å². The van der Waals surface area contributed by atoms with E-state index in [1.807, 2.05) is 0 Å². The highest BCUT2D eigenvalue weighted by Gasteiger charge is 2.14. The topological polar surface area (TPSA) is 72.2 Å². The molecular weight excluding hydrogens is 208 g/mol. The lowest BCUT2D eigenvalue weighted by Gasteiger charge is -1.99. The van der Waals surface area contributed by atoms with E-state index in [0.717, 1.165) is 5.56 Å². The van der Waals surface area contributed by atoms with Gasteiger partial charge in [-0.15, -0.1) is 11.3 Å². The zero-order valence-corrected chi connectivity index (χ0v) is 8.91. The first-order chi connectivity index (χ1) is 6.10. The molecule has 0 bridgehead atoms. The first-order valence-corrected chi connectivity index (χ1v) is 6.23. The summed E-state index contributed by atoms with van der Waals surface area (Å²) >= 11 is 1.19. The average molecular weight is 220 g/mol. The van der Waals surface area contributed by atoms with Crippen molar-refractivity contribution < 1.29 is 8.42 Å². The summed E-state index contributed by atoms with van der Waals surface area (Å²) in [5.41, 5.74) is 6.22. The molecule has 0 saturated heterocycles. The molecule has 4 nitrogen and oxygen atoms in total. The van der Waals surface area contributed by atoms with E-state index in [2.05, 4.69) is 4.72 Å². The number of hydrogen-bond acceptors (Lipinski definition) is 4. The molecule has 0 radical (unpaired) electrons. The maximum absolute atomic E-state index is 11.4. The molecule has 0 aromatic carbocycles. The number of rotatable bonds is 4. The summed E-state index contributed by atoms with van der Waals surface area (Å²) in [6, 6.07) is 1.60. The van der Waals surface area contributed by atoms with Crippen LogP contribution in [-0.2, 0) is 16.6 Å². The normalized spacial score (nSPS) is 11.8. The summed E-state index contributed by atoms with van der Waals surface area (Å²) < 4.78 is 25.6. The Balaban J connectivity index is 2.94. The lowest BCUT2D eigenvalue weighted by molar-refractivity contribution is 0.586. The first kappa shape index (κ1) is 10.6. The van der Waals surface area contributed by atoms with E-state index in [4.69, 9.17) is 5.73 Å². The highest BCUT2D eigenvalue weighted by atomic mass is 32.2. The second-order valence-corrected chi connectivity index (χ2v) is 5.38. The molecule has 0 saturated carbocycles. The van der Waals surface area contributed by atoms with Crippen molar-refractivity contribution in [1.82, 2.24) is 4.72 Å². The van der Waals surface area contributed by atoms with Gasteiger partial charge in [0.2, 0.25) is 10.0 Å². The van der Waals surface area contributed by atoms with Crippen LogP contribution >= 0.6 is 11.3 Å². The summed E-state index contributed by atoms with van der Waals surface area (Å²) in [6.45, 7) is 2.52. The second-order valence-electron chi connectivity index (χ2n) is 2.48. The van der Waals surface area contributed by atoms with Crippen LogP contribution in [0, 0.1) is 0 Å². The number of thiophene rings is 1. The molecule has 6 heteroatoms. The fourth-order valence-corrected chi connectivity index (χ4v) is 3.17. The minimum Gasteiger partial charge on any atom is -0.326 e. The van der Waals surface area contributed by atoms with Gasteiger partial charge in [0.25, 0.3) is 0 Å². The van der Waals surface area contributed by atoms with Crippen molar-refractivity contribution in [2.24, 2.45) is 5.73 Å². The average Bonchev–Trinajstić information content (AvgIpc) is 2.52. The summed E-state index contributed by atoms with van der Waals surface area (Å²) in [6.07, 6.45) is 0. The molecular formula is C7H12N2O2S2. The van der Waals surface area contributed by atoms with Gasteiger partial charge in [0.05, 0.1) is 0 Å². The van der Waals surface area contributed by atoms with E-state index in [-0.39, 0.29) is 0 Å². The Bertz CT molecular complexity index is 370. The summed E-state index contributed by atoms with van der Waals surface area (Å²) in [7, 11) is -3.29. The molecule has 1 aromatic heterocycles. The van der Waals surface area contributed by atoms with Gasteiger partial charge in [0.15, 0.2) is 0 Å². The molecule has 1 heterocycles. The first-order valence-electron chi connectivity index (χ1n) is 3.87. The van der Waals surface area contributed by atoms with Crippen LogP contribution in [0.4, 0.5) is 0 Å². The van der Waals surface area contributed by atoms with Gasteiger partial charge in [0, 0.05) is 13.1 Å². The van der Waals surface area contributed by atoms with Gasteiger partial charge >= 0.3 is 0 Å². The smallest absolute Gasteiger partial charge is 0.250 e. The SMILES string of the molecule is CCNS(=O)(=O)c1cc(CN)cs1. The lowest BCUT2D eigenvalue weighted by Crippen LogP contribution is -2.22.